The van der Waals surface area contributed by atoms with E-state index in [2.05, 4.69) is 12.2 Å². The van der Waals surface area contributed by atoms with Crippen molar-refractivity contribution in [2.24, 2.45) is 23.7 Å². The lowest BCUT2D eigenvalue weighted by atomic mass is 9.85. The summed E-state index contributed by atoms with van der Waals surface area (Å²) in [4.78, 5) is 41.8. The molecular weight excluding hydrogens is 340 g/mol. The maximum Gasteiger partial charge on any atom is 0.243 e. The van der Waals surface area contributed by atoms with Gasteiger partial charge in [-0.15, -0.1) is 0 Å². The number of hydrogen-bond acceptors (Lipinski definition) is 3. The van der Waals surface area contributed by atoms with Crippen molar-refractivity contribution in [1.29, 1.82) is 0 Å². The SMILES string of the molecule is CCC(C)N(Cc1ccccc1)C(=O)CN1C(=O)C2C3C=CC(C3)C2C1=O. The summed E-state index contributed by atoms with van der Waals surface area (Å²) in [5, 5.41) is 0. The Morgan fingerprint density at radius 1 is 1.11 bits per heavy atom. The van der Waals surface area contributed by atoms with Crippen molar-refractivity contribution in [2.45, 2.75) is 39.3 Å². The molecule has 2 aliphatic carbocycles. The first-order valence-corrected chi connectivity index (χ1v) is 9.88. The minimum absolute atomic E-state index is 0.0443. The van der Waals surface area contributed by atoms with Crippen molar-refractivity contribution < 1.29 is 14.4 Å². The topological polar surface area (TPSA) is 57.7 Å². The van der Waals surface area contributed by atoms with E-state index in [1.54, 1.807) is 4.90 Å². The van der Waals surface area contributed by atoms with E-state index in [4.69, 9.17) is 0 Å². The summed E-state index contributed by atoms with van der Waals surface area (Å²) < 4.78 is 0. The molecule has 1 heterocycles. The number of likely N-dealkylation sites (tertiary alicyclic amines) is 1. The second kappa shape index (κ2) is 6.95. The van der Waals surface area contributed by atoms with E-state index >= 15 is 0 Å². The normalized spacial score (nSPS) is 29.3. The molecule has 0 aromatic heterocycles. The Morgan fingerprint density at radius 3 is 2.26 bits per heavy atom. The Morgan fingerprint density at radius 2 is 1.70 bits per heavy atom. The number of fused-ring (bicyclic) bond motifs is 5. The largest absolute Gasteiger partial charge is 0.334 e. The van der Waals surface area contributed by atoms with E-state index in [0.717, 1.165) is 18.4 Å². The summed E-state index contributed by atoms with van der Waals surface area (Å²) in [6.45, 7) is 4.40. The molecule has 3 aliphatic rings. The van der Waals surface area contributed by atoms with Gasteiger partial charge < -0.3 is 4.90 Å². The molecule has 4 rings (SSSR count). The summed E-state index contributed by atoms with van der Waals surface area (Å²) in [6.07, 6.45) is 5.87. The Hall–Kier alpha value is -2.43. The molecule has 3 amide bonds. The third-order valence-electron chi connectivity index (χ3n) is 6.49. The van der Waals surface area contributed by atoms with E-state index in [9.17, 15) is 14.4 Å². The van der Waals surface area contributed by atoms with Crippen LogP contribution in [0.2, 0.25) is 0 Å². The second-order valence-corrected chi connectivity index (χ2v) is 8.03. The summed E-state index contributed by atoms with van der Waals surface area (Å²) in [5.41, 5.74) is 1.05. The molecule has 2 bridgehead atoms. The highest BCUT2D eigenvalue weighted by Gasteiger charge is 2.59. The molecule has 142 valence electrons. The number of amides is 3. The molecule has 5 nitrogen and oxygen atoms in total. The molecular formula is C22H26N2O3. The highest BCUT2D eigenvalue weighted by Crippen LogP contribution is 2.52. The van der Waals surface area contributed by atoms with Crippen LogP contribution >= 0.6 is 0 Å². The third kappa shape index (κ3) is 2.99. The Balaban J connectivity index is 1.49. The van der Waals surface area contributed by atoms with Gasteiger partial charge >= 0.3 is 0 Å². The van der Waals surface area contributed by atoms with Crippen LogP contribution in [0, 0.1) is 23.7 Å². The molecule has 1 aromatic rings. The maximum atomic E-state index is 13.1. The van der Waals surface area contributed by atoms with Crippen LogP contribution in [-0.2, 0) is 20.9 Å². The number of rotatable bonds is 6. The van der Waals surface area contributed by atoms with Gasteiger partial charge in [-0.05, 0) is 37.2 Å². The second-order valence-electron chi connectivity index (χ2n) is 8.03. The van der Waals surface area contributed by atoms with Gasteiger partial charge in [0.1, 0.15) is 6.54 Å². The van der Waals surface area contributed by atoms with Crippen molar-refractivity contribution in [1.82, 2.24) is 9.80 Å². The van der Waals surface area contributed by atoms with Crippen molar-refractivity contribution in [2.75, 3.05) is 6.54 Å². The number of hydrogen-bond donors (Lipinski definition) is 0. The quantitative estimate of drug-likeness (QED) is 0.574. The van der Waals surface area contributed by atoms with Crippen LogP contribution in [0.5, 0.6) is 0 Å². The fraction of sp³-hybridized carbons (Fsp3) is 0.500. The van der Waals surface area contributed by atoms with Gasteiger partial charge in [0.2, 0.25) is 17.7 Å². The molecule has 1 saturated carbocycles. The number of imide groups is 1. The number of allylic oxidation sites excluding steroid dienone is 2. The predicted molar refractivity (Wildman–Crippen MR) is 101 cm³/mol. The minimum Gasteiger partial charge on any atom is -0.334 e. The Bertz CT molecular complexity index is 758. The van der Waals surface area contributed by atoms with Crippen LogP contribution in [0.1, 0.15) is 32.3 Å². The predicted octanol–water partition coefficient (Wildman–Crippen LogP) is 2.62. The minimum atomic E-state index is -0.244. The molecule has 1 aromatic carbocycles. The van der Waals surface area contributed by atoms with Gasteiger partial charge in [0.25, 0.3) is 0 Å². The van der Waals surface area contributed by atoms with Crippen molar-refractivity contribution in [3.8, 4) is 0 Å². The van der Waals surface area contributed by atoms with Crippen LogP contribution < -0.4 is 0 Å². The van der Waals surface area contributed by atoms with Crippen LogP contribution in [0.15, 0.2) is 42.5 Å². The number of carbonyl (C=O) groups is 3. The third-order valence-corrected chi connectivity index (χ3v) is 6.49. The summed E-state index contributed by atoms with van der Waals surface area (Å²) >= 11 is 0. The zero-order valence-corrected chi connectivity index (χ0v) is 15.9. The molecule has 1 aliphatic heterocycles. The standard InChI is InChI=1S/C22H26N2O3/c1-3-14(2)23(12-15-7-5-4-6-8-15)18(25)13-24-21(26)19-16-9-10-17(11-16)20(19)22(24)27/h4-10,14,16-17,19-20H,3,11-13H2,1-2H3. The van der Waals surface area contributed by atoms with Crippen molar-refractivity contribution in [3.63, 3.8) is 0 Å². The van der Waals surface area contributed by atoms with Crippen molar-refractivity contribution >= 4 is 17.7 Å². The van der Waals surface area contributed by atoms with Crippen molar-refractivity contribution in [3.05, 3.63) is 48.0 Å². The molecule has 2 fully saturated rings. The lowest BCUT2D eigenvalue weighted by Gasteiger charge is -2.30. The van der Waals surface area contributed by atoms with Gasteiger partial charge in [0, 0.05) is 12.6 Å². The molecule has 5 atom stereocenters. The van der Waals surface area contributed by atoms with Gasteiger partial charge in [-0.1, -0.05) is 49.4 Å². The number of nitrogens with zero attached hydrogens (tertiary/aromatic N) is 2. The van der Waals surface area contributed by atoms with Crippen LogP contribution in [0.25, 0.3) is 0 Å². The zero-order valence-electron chi connectivity index (χ0n) is 15.9. The highest BCUT2D eigenvalue weighted by atomic mass is 16.2. The van der Waals surface area contributed by atoms with E-state index in [-0.39, 0.29) is 54.0 Å². The lowest BCUT2D eigenvalue weighted by Crippen LogP contribution is -2.46. The number of carbonyl (C=O) groups excluding carboxylic acids is 3. The van der Waals surface area contributed by atoms with Crippen LogP contribution in [0.4, 0.5) is 0 Å². The fourth-order valence-electron chi connectivity index (χ4n) is 4.84. The first-order valence-electron chi connectivity index (χ1n) is 9.88. The number of benzene rings is 1. The molecule has 5 heteroatoms. The van der Waals surface area contributed by atoms with Gasteiger partial charge in [-0.3, -0.25) is 19.3 Å². The average molecular weight is 366 g/mol. The van der Waals surface area contributed by atoms with Gasteiger partial charge in [0.15, 0.2) is 0 Å². The average Bonchev–Trinajstić information content (AvgIpc) is 3.36. The summed E-state index contributed by atoms with van der Waals surface area (Å²) in [5.74, 6) is -0.607. The van der Waals surface area contributed by atoms with Crippen LogP contribution in [0.3, 0.4) is 0 Å². The molecule has 0 radical (unpaired) electrons. The highest BCUT2D eigenvalue weighted by molar-refractivity contribution is 6.08. The summed E-state index contributed by atoms with van der Waals surface area (Å²) in [6, 6.07) is 9.87. The molecule has 27 heavy (non-hydrogen) atoms. The molecule has 1 saturated heterocycles. The fourth-order valence-corrected chi connectivity index (χ4v) is 4.84. The zero-order chi connectivity index (χ0) is 19.1. The van der Waals surface area contributed by atoms with Crippen LogP contribution in [-0.4, -0.2) is 40.1 Å². The van der Waals surface area contributed by atoms with E-state index in [0.29, 0.717) is 6.54 Å². The monoisotopic (exact) mass is 366 g/mol. The molecule has 0 N–H and O–H groups in total. The van der Waals surface area contributed by atoms with E-state index in [1.807, 2.05) is 44.2 Å². The Kier molecular flexibility index (Phi) is 4.62. The van der Waals surface area contributed by atoms with E-state index in [1.165, 1.54) is 4.90 Å². The smallest absolute Gasteiger partial charge is 0.243 e. The summed E-state index contributed by atoms with van der Waals surface area (Å²) in [7, 11) is 0. The van der Waals surface area contributed by atoms with Gasteiger partial charge in [-0.25, -0.2) is 0 Å². The van der Waals surface area contributed by atoms with E-state index < -0.39 is 0 Å². The van der Waals surface area contributed by atoms with Gasteiger partial charge in [0.05, 0.1) is 11.8 Å². The Labute approximate surface area is 160 Å². The first-order chi connectivity index (χ1) is 13.0. The first kappa shape index (κ1) is 18.0. The molecule has 0 spiro atoms. The maximum absolute atomic E-state index is 13.1. The lowest BCUT2D eigenvalue weighted by molar-refractivity contribution is -0.148. The van der Waals surface area contributed by atoms with Gasteiger partial charge in [-0.2, -0.15) is 0 Å². The molecule has 5 unspecified atom stereocenters.